The van der Waals surface area contributed by atoms with Crippen molar-refractivity contribution in [3.8, 4) is 5.75 Å². The molecule has 0 aliphatic rings. The summed E-state index contributed by atoms with van der Waals surface area (Å²) in [7, 11) is 1.58. The van der Waals surface area contributed by atoms with E-state index in [1.165, 1.54) is 0 Å². The molecule has 0 saturated heterocycles. The van der Waals surface area contributed by atoms with Gasteiger partial charge in [0.1, 0.15) is 23.4 Å². The predicted octanol–water partition coefficient (Wildman–Crippen LogP) is 5.92. The molecular weight excluding hydrogens is 482 g/mol. The Morgan fingerprint density at radius 3 is 2.24 bits per heavy atom. The van der Waals surface area contributed by atoms with E-state index in [0.717, 1.165) is 36.0 Å². The Balaban J connectivity index is 2.47. The Morgan fingerprint density at radius 2 is 1.66 bits per heavy atom. The van der Waals surface area contributed by atoms with Crippen molar-refractivity contribution in [1.29, 1.82) is 0 Å². The molecule has 3 amide bonds. The third kappa shape index (κ3) is 9.08. The second kappa shape index (κ2) is 13.8. The summed E-state index contributed by atoms with van der Waals surface area (Å²) < 4.78 is 10.6. The Labute approximate surface area is 227 Å². The van der Waals surface area contributed by atoms with Gasteiger partial charge in [0.25, 0.3) is 5.91 Å². The van der Waals surface area contributed by atoms with Crippen LogP contribution in [0, 0.1) is 13.8 Å². The molecule has 2 atom stereocenters. The van der Waals surface area contributed by atoms with E-state index in [1.54, 1.807) is 64.0 Å². The van der Waals surface area contributed by atoms with Gasteiger partial charge in [-0.05, 0) is 83.4 Å². The molecule has 38 heavy (non-hydrogen) atoms. The van der Waals surface area contributed by atoms with Gasteiger partial charge in [-0.3, -0.25) is 9.59 Å². The van der Waals surface area contributed by atoms with E-state index < -0.39 is 23.8 Å². The number of aryl methyl sites for hydroxylation is 2. The fourth-order valence-electron chi connectivity index (χ4n) is 4.08. The van der Waals surface area contributed by atoms with E-state index in [-0.39, 0.29) is 11.8 Å². The van der Waals surface area contributed by atoms with Crippen molar-refractivity contribution in [3.63, 3.8) is 0 Å². The molecule has 2 rings (SSSR count). The van der Waals surface area contributed by atoms with Crippen LogP contribution in [0.4, 0.5) is 10.5 Å². The lowest BCUT2D eigenvalue weighted by Gasteiger charge is -2.34. The number of hydrogen-bond donors (Lipinski definition) is 2. The van der Waals surface area contributed by atoms with Crippen molar-refractivity contribution in [2.75, 3.05) is 19.0 Å². The van der Waals surface area contributed by atoms with Crippen LogP contribution in [0.25, 0.3) is 0 Å². The number of unbranched alkanes of at least 4 members (excludes halogenated alkanes) is 2. The average molecular weight is 526 g/mol. The Bertz CT molecular complexity index is 1090. The number of alkyl carbamates (subject to hydrolysis) is 1. The molecule has 0 saturated carbocycles. The van der Waals surface area contributed by atoms with Crippen molar-refractivity contribution < 1.29 is 23.9 Å². The molecule has 8 nitrogen and oxygen atoms in total. The molecule has 0 radical (unpaired) electrons. The van der Waals surface area contributed by atoms with Crippen molar-refractivity contribution in [1.82, 2.24) is 10.2 Å². The average Bonchev–Trinajstić information content (AvgIpc) is 2.84. The standard InChI is InChI=1S/C30H43N3O5/c1-9-10-11-18-33(28(35)22(4)31-29(36)38-30(5,6)7)26(25-19-20(2)12-13-21(25)3)27(34)32-23-14-16-24(37-8)17-15-23/h12-17,19,22,26H,9-11,18H2,1-8H3,(H,31,36)(H,32,34). The van der Waals surface area contributed by atoms with Crippen LogP contribution in [0.15, 0.2) is 42.5 Å². The molecule has 8 heteroatoms. The van der Waals surface area contributed by atoms with Crippen LogP contribution in [0.5, 0.6) is 5.75 Å². The summed E-state index contributed by atoms with van der Waals surface area (Å²) in [6.07, 6.45) is 1.90. The Morgan fingerprint density at radius 1 is 1.00 bits per heavy atom. The molecule has 0 aliphatic heterocycles. The molecule has 2 aromatic carbocycles. The molecule has 0 spiro atoms. The lowest BCUT2D eigenvalue weighted by molar-refractivity contribution is -0.140. The number of methoxy groups -OCH3 is 1. The molecule has 2 N–H and O–H groups in total. The lowest BCUT2D eigenvalue weighted by Crippen LogP contribution is -2.51. The monoisotopic (exact) mass is 525 g/mol. The van der Waals surface area contributed by atoms with Gasteiger partial charge in [-0.15, -0.1) is 0 Å². The third-order valence-electron chi connectivity index (χ3n) is 6.04. The SMILES string of the molecule is CCCCCN(C(=O)C(C)NC(=O)OC(C)(C)C)C(C(=O)Nc1ccc(OC)cc1)c1cc(C)ccc1C. The number of hydrogen-bond acceptors (Lipinski definition) is 5. The Hall–Kier alpha value is -3.55. The van der Waals surface area contributed by atoms with Crippen LogP contribution in [0.1, 0.15) is 76.6 Å². The van der Waals surface area contributed by atoms with Gasteiger partial charge in [0, 0.05) is 12.2 Å². The smallest absolute Gasteiger partial charge is 0.408 e. The quantitative estimate of drug-likeness (QED) is 0.355. The lowest BCUT2D eigenvalue weighted by atomic mass is 9.96. The van der Waals surface area contributed by atoms with E-state index in [1.807, 2.05) is 32.0 Å². The summed E-state index contributed by atoms with van der Waals surface area (Å²) in [5, 5.41) is 5.62. The summed E-state index contributed by atoms with van der Waals surface area (Å²) >= 11 is 0. The maximum absolute atomic E-state index is 13.9. The summed E-state index contributed by atoms with van der Waals surface area (Å²) in [6, 6.07) is 11.1. The van der Waals surface area contributed by atoms with Gasteiger partial charge < -0.3 is 25.0 Å². The number of nitrogens with one attached hydrogen (secondary N) is 2. The predicted molar refractivity (Wildman–Crippen MR) is 150 cm³/mol. The zero-order valence-corrected chi connectivity index (χ0v) is 24.0. The van der Waals surface area contributed by atoms with Gasteiger partial charge in [-0.25, -0.2) is 4.79 Å². The van der Waals surface area contributed by atoms with Crippen LogP contribution < -0.4 is 15.4 Å². The first-order chi connectivity index (χ1) is 17.9. The molecule has 2 aromatic rings. The number of rotatable bonds is 11. The van der Waals surface area contributed by atoms with E-state index in [4.69, 9.17) is 9.47 Å². The van der Waals surface area contributed by atoms with Crippen LogP contribution in [0.2, 0.25) is 0 Å². The number of carbonyl (C=O) groups excluding carboxylic acids is 3. The number of ether oxygens (including phenoxy) is 2. The number of nitrogens with zero attached hydrogens (tertiary/aromatic N) is 1. The maximum Gasteiger partial charge on any atom is 0.408 e. The second-order valence-corrected chi connectivity index (χ2v) is 10.6. The normalized spacial score (nSPS) is 12.7. The highest BCUT2D eigenvalue weighted by atomic mass is 16.6. The minimum absolute atomic E-state index is 0.335. The number of benzene rings is 2. The molecule has 2 unspecified atom stereocenters. The van der Waals surface area contributed by atoms with E-state index in [0.29, 0.717) is 18.0 Å². The highest BCUT2D eigenvalue weighted by Crippen LogP contribution is 2.29. The zero-order valence-electron chi connectivity index (χ0n) is 24.0. The summed E-state index contributed by atoms with van der Waals surface area (Å²) in [5.74, 6) is -0.0200. The van der Waals surface area contributed by atoms with Crippen molar-refractivity contribution in [3.05, 3.63) is 59.2 Å². The fraction of sp³-hybridized carbons (Fsp3) is 0.500. The molecule has 0 aliphatic carbocycles. The van der Waals surface area contributed by atoms with Gasteiger partial charge in [0.05, 0.1) is 7.11 Å². The summed E-state index contributed by atoms with van der Waals surface area (Å²) in [5.41, 5.74) is 2.50. The molecule has 0 fully saturated rings. The van der Waals surface area contributed by atoms with Crippen molar-refractivity contribution in [2.45, 2.75) is 85.4 Å². The summed E-state index contributed by atoms with van der Waals surface area (Å²) in [6.45, 7) is 13.2. The van der Waals surface area contributed by atoms with Crippen LogP contribution >= 0.6 is 0 Å². The van der Waals surface area contributed by atoms with Crippen LogP contribution in [-0.4, -0.2) is 48.1 Å². The molecule has 208 valence electrons. The highest BCUT2D eigenvalue weighted by Gasteiger charge is 2.35. The van der Waals surface area contributed by atoms with Crippen LogP contribution in [-0.2, 0) is 14.3 Å². The van der Waals surface area contributed by atoms with E-state index in [2.05, 4.69) is 17.6 Å². The Kier molecular flexibility index (Phi) is 11.2. The van der Waals surface area contributed by atoms with E-state index >= 15 is 0 Å². The molecule has 0 aromatic heterocycles. The molecule has 0 bridgehead atoms. The van der Waals surface area contributed by atoms with Crippen LogP contribution in [0.3, 0.4) is 0 Å². The largest absolute Gasteiger partial charge is 0.497 e. The first-order valence-corrected chi connectivity index (χ1v) is 13.2. The zero-order chi connectivity index (χ0) is 28.5. The number of carbonyl (C=O) groups is 3. The second-order valence-electron chi connectivity index (χ2n) is 10.6. The highest BCUT2D eigenvalue weighted by molar-refractivity contribution is 5.99. The summed E-state index contributed by atoms with van der Waals surface area (Å²) in [4.78, 5) is 41.8. The van der Waals surface area contributed by atoms with E-state index in [9.17, 15) is 14.4 Å². The maximum atomic E-state index is 13.9. The molecule has 0 heterocycles. The number of anilines is 1. The number of amides is 3. The van der Waals surface area contributed by atoms with Gasteiger partial charge in [-0.1, -0.05) is 43.5 Å². The van der Waals surface area contributed by atoms with Gasteiger partial charge >= 0.3 is 6.09 Å². The van der Waals surface area contributed by atoms with Crippen molar-refractivity contribution >= 4 is 23.6 Å². The van der Waals surface area contributed by atoms with Gasteiger partial charge in [0.15, 0.2) is 0 Å². The first-order valence-electron chi connectivity index (χ1n) is 13.2. The molecular formula is C30H43N3O5. The van der Waals surface area contributed by atoms with Gasteiger partial charge in [0.2, 0.25) is 5.91 Å². The minimum Gasteiger partial charge on any atom is -0.497 e. The topological polar surface area (TPSA) is 97.0 Å². The third-order valence-corrected chi connectivity index (χ3v) is 6.04. The minimum atomic E-state index is -0.899. The first kappa shape index (κ1) is 30.7. The fourth-order valence-corrected chi connectivity index (χ4v) is 4.08. The van der Waals surface area contributed by atoms with Crippen molar-refractivity contribution in [2.24, 2.45) is 0 Å². The van der Waals surface area contributed by atoms with Gasteiger partial charge in [-0.2, -0.15) is 0 Å².